The van der Waals surface area contributed by atoms with E-state index >= 15 is 0 Å². The van der Waals surface area contributed by atoms with E-state index in [-0.39, 0.29) is 0 Å². The Morgan fingerprint density at radius 2 is 2.11 bits per heavy atom. The van der Waals surface area contributed by atoms with Gasteiger partial charge in [0.25, 0.3) is 0 Å². The van der Waals surface area contributed by atoms with Crippen molar-refractivity contribution < 1.29 is 14.6 Å². The van der Waals surface area contributed by atoms with Gasteiger partial charge in [0.15, 0.2) is 0 Å². The first-order valence-corrected chi connectivity index (χ1v) is 6.63. The van der Waals surface area contributed by atoms with Crippen LogP contribution in [0.3, 0.4) is 0 Å². The molecule has 1 saturated carbocycles. The van der Waals surface area contributed by atoms with Gasteiger partial charge in [-0.3, -0.25) is 0 Å². The first-order chi connectivity index (χ1) is 8.66. The van der Waals surface area contributed by atoms with Gasteiger partial charge < -0.3 is 9.84 Å². The largest absolute Gasteiger partial charge is 0.494 e. The quantitative estimate of drug-likeness (QED) is 0.865. The minimum absolute atomic E-state index is 0.346. The third-order valence-corrected chi connectivity index (χ3v) is 3.70. The fourth-order valence-corrected chi connectivity index (χ4v) is 2.61. The first kappa shape index (κ1) is 12.9. The topological polar surface area (TPSA) is 46.5 Å². The molecule has 1 aromatic rings. The number of aryl methyl sites for hydroxylation is 1. The molecule has 0 amide bonds. The summed E-state index contributed by atoms with van der Waals surface area (Å²) in [6, 6.07) is 5.16. The van der Waals surface area contributed by atoms with Gasteiger partial charge in [-0.05, 0) is 43.0 Å². The molecule has 0 saturated heterocycles. The second kappa shape index (κ2) is 5.89. The second-order valence-corrected chi connectivity index (χ2v) is 5.07. The van der Waals surface area contributed by atoms with Crippen LogP contribution < -0.4 is 4.74 Å². The van der Waals surface area contributed by atoms with E-state index in [2.05, 4.69) is 0 Å². The molecule has 1 fully saturated rings. The van der Waals surface area contributed by atoms with Crippen LogP contribution in [0.4, 0.5) is 0 Å². The Bertz CT molecular complexity index is 420. The van der Waals surface area contributed by atoms with E-state index < -0.39 is 5.97 Å². The zero-order chi connectivity index (χ0) is 13.0. The normalized spacial score (nSPS) is 15.8. The minimum atomic E-state index is -0.884. The molecule has 0 aliphatic heterocycles. The molecule has 0 heterocycles. The van der Waals surface area contributed by atoms with E-state index in [4.69, 9.17) is 9.84 Å². The molecule has 1 N–H and O–H groups in total. The van der Waals surface area contributed by atoms with Gasteiger partial charge in [-0.2, -0.15) is 0 Å². The lowest BCUT2D eigenvalue weighted by molar-refractivity contribution is 0.0696. The fourth-order valence-electron chi connectivity index (χ4n) is 2.61. The van der Waals surface area contributed by atoms with Crippen LogP contribution in [0.25, 0.3) is 0 Å². The molecule has 0 atom stereocenters. The molecular weight excluding hydrogens is 228 g/mol. The molecule has 0 spiro atoms. The van der Waals surface area contributed by atoms with E-state index in [1.807, 2.05) is 0 Å². The number of carboxylic acid groups (broad SMARTS) is 1. The lowest BCUT2D eigenvalue weighted by atomic mass is 10.1. The molecule has 3 nitrogen and oxygen atoms in total. The van der Waals surface area contributed by atoms with Crippen LogP contribution in [0.1, 0.15) is 48.0 Å². The van der Waals surface area contributed by atoms with E-state index in [1.54, 1.807) is 25.1 Å². The Labute approximate surface area is 108 Å². The lowest BCUT2D eigenvalue weighted by Gasteiger charge is -2.11. The van der Waals surface area contributed by atoms with Gasteiger partial charge in [0, 0.05) is 0 Å². The van der Waals surface area contributed by atoms with Crippen molar-refractivity contribution in [2.45, 2.75) is 39.0 Å². The van der Waals surface area contributed by atoms with Gasteiger partial charge in [-0.25, -0.2) is 4.79 Å². The minimum Gasteiger partial charge on any atom is -0.494 e. The van der Waals surface area contributed by atoms with Crippen molar-refractivity contribution in [2.75, 3.05) is 6.61 Å². The summed E-state index contributed by atoms with van der Waals surface area (Å²) in [7, 11) is 0. The van der Waals surface area contributed by atoms with Crippen molar-refractivity contribution in [3.05, 3.63) is 29.3 Å². The Kier molecular flexibility index (Phi) is 4.24. The number of aromatic carboxylic acids is 1. The van der Waals surface area contributed by atoms with Crippen molar-refractivity contribution >= 4 is 5.97 Å². The molecule has 98 valence electrons. The molecular formula is C15H20O3. The van der Waals surface area contributed by atoms with Gasteiger partial charge >= 0.3 is 5.97 Å². The Morgan fingerprint density at radius 3 is 2.72 bits per heavy atom. The summed E-state index contributed by atoms with van der Waals surface area (Å²) in [6.07, 6.45) is 6.49. The molecule has 0 radical (unpaired) electrons. The van der Waals surface area contributed by atoms with Crippen LogP contribution in [0.2, 0.25) is 0 Å². The number of carbonyl (C=O) groups is 1. The summed E-state index contributed by atoms with van der Waals surface area (Å²) in [5, 5.41) is 8.94. The zero-order valence-electron chi connectivity index (χ0n) is 10.8. The predicted molar refractivity (Wildman–Crippen MR) is 70.2 cm³/mol. The summed E-state index contributed by atoms with van der Waals surface area (Å²) in [4.78, 5) is 10.9. The van der Waals surface area contributed by atoms with Crippen LogP contribution in [-0.2, 0) is 0 Å². The van der Waals surface area contributed by atoms with Gasteiger partial charge in [0.2, 0.25) is 0 Å². The fraction of sp³-hybridized carbons (Fsp3) is 0.533. The highest BCUT2D eigenvalue weighted by atomic mass is 16.5. The molecule has 18 heavy (non-hydrogen) atoms. The number of ether oxygens (including phenoxy) is 1. The van der Waals surface area contributed by atoms with Crippen molar-refractivity contribution in [1.82, 2.24) is 0 Å². The van der Waals surface area contributed by atoms with Crippen LogP contribution in [0, 0.1) is 12.8 Å². The van der Waals surface area contributed by atoms with Crippen LogP contribution in [0.5, 0.6) is 5.75 Å². The molecule has 1 aliphatic carbocycles. The predicted octanol–water partition coefficient (Wildman–Crippen LogP) is 3.65. The Hall–Kier alpha value is -1.51. The van der Waals surface area contributed by atoms with Crippen molar-refractivity contribution in [3.63, 3.8) is 0 Å². The highest BCUT2D eigenvalue weighted by molar-refractivity contribution is 5.89. The molecule has 0 aromatic heterocycles. The summed E-state index contributed by atoms with van der Waals surface area (Å²) in [6.45, 7) is 2.53. The Balaban J connectivity index is 1.85. The van der Waals surface area contributed by atoms with Gasteiger partial charge in [-0.1, -0.05) is 25.7 Å². The van der Waals surface area contributed by atoms with E-state index in [1.165, 1.54) is 25.7 Å². The molecule has 0 unspecified atom stereocenters. The SMILES string of the molecule is Cc1cc(OCCC2CCCC2)ccc1C(=O)O. The molecule has 1 aliphatic rings. The van der Waals surface area contributed by atoms with Crippen LogP contribution >= 0.6 is 0 Å². The van der Waals surface area contributed by atoms with Gasteiger partial charge in [0.1, 0.15) is 5.75 Å². The maximum Gasteiger partial charge on any atom is 0.335 e. The zero-order valence-corrected chi connectivity index (χ0v) is 10.8. The number of rotatable bonds is 5. The van der Waals surface area contributed by atoms with E-state index in [0.717, 1.165) is 30.3 Å². The first-order valence-electron chi connectivity index (χ1n) is 6.63. The highest BCUT2D eigenvalue weighted by Crippen LogP contribution is 2.27. The average molecular weight is 248 g/mol. The molecule has 3 heteroatoms. The number of hydrogen-bond donors (Lipinski definition) is 1. The van der Waals surface area contributed by atoms with Gasteiger partial charge in [-0.15, -0.1) is 0 Å². The highest BCUT2D eigenvalue weighted by Gasteiger charge is 2.14. The molecule has 0 bridgehead atoms. The maximum atomic E-state index is 10.9. The summed E-state index contributed by atoms with van der Waals surface area (Å²) < 4.78 is 5.69. The van der Waals surface area contributed by atoms with Gasteiger partial charge in [0.05, 0.1) is 12.2 Å². The van der Waals surface area contributed by atoms with E-state index in [0.29, 0.717) is 5.56 Å². The number of carboxylic acids is 1. The number of benzene rings is 1. The standard InChI is InChI=1S/C15H20O3/c1-11-10-13(6-7-14(11)15(16)17)18-9-8-12-4-2-3-5-12/h6-7,10,12H,2-5,8-9H2,1H3,(H,16,17). The van der Waals surface area contributed by atoms with Crippen LogP contribution in [0.15, 0.2) is 18.2 Å². The smallest absolute Gasteiger partial charge is 0.335 e. The number of hydrogen-bond acceptors (Lipinski definition) is 2. The monoisotopic (exact) mass is 248 g/mol. The maximum absolute atomic E-state index is 10.9. The van der Waals surface area contributed by atoms with E-state index in [9.17, 15) is 4.79 Å². The average Bonchev–Trinajstić information content (AvgIpc) is 2.81. The molecule has 1 aromatic carbocycles. The van der Waals surface area contributed by atoms with Crippen molar-refractivity contribution in [3.8, 4) is 5.75 Å². The summed E-state index contributed by atoms with van der Waals surface area (Å²) in [5.74, 6) is 0.713. The summed E-state index contributed by atoms with van der Waals surface area (Å²) in [5.41, 5.74) is 1.10. The second-order valence-electron chi connectivity index (χ2n) is 5.07. The van der Waals surface area contributed by atoms with Crippen LogP contribution in [-0.4, -0.2) is 17.7 Å². The third kappa shape index (κ3) is 3.25. The van der Waals surface area contributed by atoms with Crippen molar-refractivity contribution in [2.24, 2.45) is 5.92 Å². The molecule has 2 rings (SSSR count). The van der Waals surface area contributed by atoms with Crippen molar-refractivity contribution in [1.29, 1.82) is 0 Å². The third-order valence-electron chi connectivity index (χ3n) is 3.70. The lowest BCUT2D eigenvalue weighted by Crippen LogP contribution is -2.05. The summed E-state index contributed by atoms with van der Waals surface area (Å²) >= 11 is 0. The Morgan fingerprint density at radius 1 is 1.39 bits per heavy atom.